The molecule has 0 radical (unpaired) electrons. The first-order valence-corrected chi connectivity index (χ1v) is 7.00. The summed E-state index contributed by atoms with van der Waals surface area (Å²) in [6, 6.07) is 4.42. The number of likely N-dealkylation sites (tertiary alicyclic amines) is 1. The van der Waals surface area contributed by atoms with E-state index in [1.54, 1.807) is 0 Å². The van der Waals surface area contributed by atoms with Crippen LogP contribution in [0.3, 0.4) is 0 Å². The van der Waals surface area contributed by atoms with Crippen LogP contribution in [-0.4, -0.2) is 48.6 Å². The van der Waals surface area contributed by atoms with Crippen LogP contribution in [0.2, 0.25) is 0 Å². The fourth-order valence-corrected chi connectivity index (χ4v) is 3.20. The smallest absolute Gasteiger partial charge is 0.230 e. The second-order valence-electron chi connectivity index (χ2n) is 5.35. The summed E-state index contributed by atoms with van der Waals surface area (Å²) in [5.74, 6) is 0.189. The average Bonchev–Trinajstić information content (AvgIpc) is 3.16. The molecule has 2 saturated heterocycles. The van der Waals surface area contributed by atoms with Crippen LogP contribution < -0.4 is 5.32 Å². The fourth-order valence-electron chi connectivity index (χ4n) is 3.20. The Balaban J connectivity index is 1.75. The van der Waals surface area contributed by atoms with E-state index < -0.39 is 0 Å². The Hall–Kier alpha value is -1.33. The Morgan fingerprint density at radius 1 is 1.53 bits per heavy atom. The molecule has 0 saturated carbocycles. The Kier molecular flexibility index (Phi) is 3.57. The first-order chi connectivity index (χ1) is 9.31. The third-order valence-corrected chi connectivity index (χ3v) is 4.29. The highest BCUT2D eigenvalue weighted by Crippen LogP contribution is 2.33. The molecular formula is C14H21N3O2. The molecule has 2 aliphatic rings. The van der Waals surface area contributed by atoms with Gasteiger partial charge in [0, 0.05) is 24.5 Å². The molecule has 5 heteroatoms. The Morgan fingerprint density at radius 2 is 2.42 bits per heavy atom. The normalized spacial score (nSPS) is 31.0. The Labute approximate surface area is 113 Å². The summed E-state index contributed by atoms with van der Waals surface area (Å²) in [5.41, 5.74) is 1.14. The van der Waals surface area contributed by atoms with Crippen molar-refractivity contribution in [1.29, 1.82) is 0 Å². The fraction of sp³-hybridized carbons (Fsp3) is 0.643. The second kappa shape index (κ2) is 5.35. The van der Waals surface area contributed by atoms with Crippen LogP contribution >= 0.6 is 0 Å². The predicted octanol–water partition coefficient (Wildman–Crippen LogP) is 0.913. The molecule has 104 valence electrons. The van der Waals surface area contributed by atoms with Crippen molar-refractivity contribution in [2.24, 2.45) is 5.92 Å². The Bertz CT molecular complexity index is 432. The molecular weight excluding hydrogens is 242 g/mol. The average molecular weight is 263 g/mol. The van der Waals surface area contributed by atoms with E-state index in [-0.39, 0.29) is 23.9 Å². The number of hydrogen-bond donors (Lipinski definition) is 2. The van der Waals surface area contributed by atoms with Crippen molar-refractivity contribution in [3.8, 4) is 0 Å². The van der Waals surface area contributed by atoms with Crippen LogP contribution in [0, 0.1) is 5.92 Å². The molecule has 3 atom stereocenters. The quantitative estimate of drug-likeness (QED) is 0.852. The number of nitrogens with one attached hydrogen (secondary N) is 2. The van der Waals surface area contributed by atoms with Crippen LogP contribution in [0.25, 0.3) is 0 Å². The number of carbonyl (C=O) groups excluding carboxylic acids is 1. The van der Waals surface area contributed by atoms with Gasteiger partial charge in [0.25, 0.3) is 0 Å². The number of nitrogens with zero attached hydrogens (tertiary/aromatic N) is 1. The van der Waals surface area contributed by atoms with Gasteiger partial charge in [0.05, 0.1) is 25.2 Å². The minimum Gasteiger partial charge on any atom is -0.379 e. The van der Waals surface area contributed by atoms with Crippen LogP contribution in [-0.2, 0) is 9.53 Å². The van der Waals surface area contributed by atoms with Crippen molar-refractivity contribution in [2.75, 3.05) is 26.8 Å². The lowest BCUT2D eigenvalue weighted by Crippen LogP contribution is -2.44. The van der Waals surface area contributed by atoms with E-state index in [4.69, 9.17) is 4.74 Å². The van der Waals surface area contributed by atoms with Gasteiger partial charge in [0.2, 0.25) is 5.91 Å². The minimum absolute atomic E-state index is 0.0411. The number of aromatic amines is 1. The lowest BCUT2D eigenvalue weighted by atomic mass is 10.0. The summed E-state index contributed by atoms with van der Waals surface area (Å²) in [6.07, 6.45) is 4.04. The lowest BCUT2D eigenvalue weighted by molar-refractivity contribution is -0.137. The van der Waals surface area contributed by atoms with Crippen molar-refractivity contribution in [3.63, 3.8) is 0 Å². The molecule has 0 aromatic carbocycles. The first kappa shape index (κ1) is 12.7. The minimum atomic E-state index is -0.0411. The van der Waals surface area contributed by atoms with Crippen molar-refractivity contribution in [2.45, 2.75) is 24.9 Å². The third kappa shape index (κ3) is 2.28. The standard InChI is InChI=1S/C14H21N3O2/c1-15-12-9-19-8-10(12)14(18)17-7-3-5-13(17)11-4-2-6-16-11/h2,4,6,10,12-13,15-16H,3,5,7-9H2,1H3. The molecule has 3 rings (SSSR count). The number of amides is 1. The molecule has 19 heavy (non-hydrogen) atoms. The van der Waals surface area contributed by atoms with Gasteiger partial charge < -0.3 is 19.9 Å². The molecule has 2 aliphatic heterocycles. The summed E-state index contributed by atoms with van der Waals surface area (Å²) in [6.45, 7) is 2.03. The van der Waals surface area contributed by atoms with Crippen LogP contribution in [0.5, 0.6) is 0 Å². The maximum atomic E-state index is 12.7. The Morgan fingerprint density at radius 3 is 3.16 bits per heavy atom. The largest absolute Gasteiger partial charge is 0.379 e. The molecule has 1 aromatic heterocycles. The highest BCUT2D eigenvalue weighted by atomic mass is 16.5. The van der Waals surface area contributed by atoms with E-state index in [9.17, 15) is 4.79 Å². The van der Waals surface area contributed by atoms with E-state index in [2.05, 4.69) is 16.4 Å². The van der Waals surface area contributed by atoms with Crippen molar-refractivity contribution >= 4 is 5.91 Å². The van der Waals surface area contributed by atoms with Crippen molar-refractivity contribution in [1.82, 2.24) is 15.2 Å². The van der Waals surface area contributed by atoms with Gasteiger partial charge in [-0.1, -0.05) is 0 Å². The number of rotatable bonds is 3. The molecule has 0 spiro atoms. The van der Waals surface area contributed by atoms with Gasteiger partial charge >= 0.3 is 0 Å². The second-order valence-corrected chi connectivity index (χ2v) is 5.35. The van der Waals surface area contributed by atoms with Gasteiger partial charge in [0.15, 0.2) is 0 Å². The summed E-state index contributed by atoms with van der Waals surface area (Å²) in [4.78, 5) is 18.0. The zero-order valence-corrected chi connectivity index (χ0v) is 11.3. The molecule has 0 bridgehead atoms. The van der Waals surface area contributed by atoms with Gasteiger partial charge in [-0.15, -0.1) is 0 Å². The highest BCUT2D eigenvalue weighted by molar-refractivity contribution is 5.80. The van der Waals surface area contributed by atoms with E-state index in [0.717, 1.165) is 25.1 Å². The summed E-state index contributed by atoms with van der Waals surface area (Å²) in [7, 11) is 1.89. The van der Waals surface area contributed by atoms with Crippen LogP contribution in [0.1, 0.15) is 24.6 Å². The number of hydrogen-bond acceptors (Lipinski definition) is 3. The molecule has 1 amide bonds. The predicted molar refractivity (Wildman–Crippen MR) is 71.6 cm³/mol. The van der Waals surface area contributed by atoms with Gasteiger partial charge in [-0.2, -0.15) is 0 Å². The molecule has 0 aliphatic carbocycles. The summed E-state index contributed by atoms with van der Waals surface area (Å²) >= 11 is 0. The zero-order chi connectivity index (χ0) is 13.2. The van der Waals surface area contributed by atoms with E-state index in [1.807, 2.05) is 24.2 Å². The molecule has 5 nitrogen and oxygen atoms in total. The molecule has 2 fully saturated rings. The number of carbonyl (C=O) groups is 1. The summed E-state index contributed by atoms with van der Waals surface area (Å²) in [5, 5.41) is 3.19. The van der Waals surface area contributed by atoms with E-state index in [0.29, 0.717) is 13.2 Å². The zero-order valence-electron chi connectivity index (χ0n) is 11.3. The SMILES string of the molecule is CNC1COCC1C(=O)N1CCCC1c1ccc[nH]1. The van der Waals surface area contributed by atoms with Crippen molar-refractivity contribution < 1.29 is 9.53 Å². The van der Waals surface area contributed by atoms with E-state index >= 15 is 0 Å². The molecule has 3 unspecified atom stereocenters. The lowest BCUT2D eigenvalue weighted by Gasteiger charge is -2.28. The molecule has 1 aromatic rings. The van der Waals surface area contributed by atoms with Crippen molar-refractivity contribution in [3.05, 3.63) is 24.0 Å². The van der Waals surface area contributed by atoms with Crippen LogP contribution in [0.4, 0.5) is 0 Å². The number of likely N-dealkylation sites (N-methyl/N-ethyl adjacent to an activating group) is 1. The van der Waals surface area contributed by atoms with Gasteiger partial charge in [-0.05, 0) is 32.0 Å². The molecule has 2 N–H and O–H groups in total. The summed E-state index contributed by atoms with van der Waals surface area (Å²) < 4.78 is 5.45. The first-order valence-electron chi connectivity index (χ1n) is 7.00. The maximum Gasteiger partial charge on any atom is 0.230 e. The van der Waals surface area contributed by atoms with Crippen LogP contribution in [0.15, 0.2) is 18.3 Å². The maximum absolute atomic E-state index is 12.7. The van der Waals surface area contributed by atoms with E-state index in [1.165, 1.54) is 0 Å². The highest BCUT2D eigenvalue weighted by Gasteiger charge is 2.40. The topological polar surface area (TPSA) is 57.4 Å². The van der Waals surface area contributed by atoms with Gasteiger partial charge in [-0.25, -0.2) is 0 Å². The van der Waals surface area contributed by atoms with Gasteiger partial charge in [0.1, 0.15) is 0 Å². The number of aromatic nitrogens is 1. The monoisotopic (exact) mass is 263 g/mol. The number of ether oxygens (including phenoxy) is 1. The molecule has 3 heterocycles. The van der Waals surface area contributed by atoms with Gasteiger partial charge in [-0.3, -0.25) is 4.79 Å². The number of H-pyrrole nitrogens is 1. The third-order valence-electron chi connectivity index (χ3n) is 4.29.